The number of rotatable bonds is 3. The molecule has 3 rings (SSSR count). The van der Waals surface area contributed by atoms with E-state index in [2.05, 4.69) is 10.2 Å². The molecule has 0 saturated heterocycles. The third-order valence-electron chi connectivity index (χ3n) is 3.77. The van der Waals surface area contributed by atoms with E-state index < -0.39 is 0 Å². The van der Waals surface area contributed by atoms with Crippen LogP contribution in [0.2, 0.25) is 0 Å². The van der Waals surface area contributed by atoms with E-state index in [1.165, 1.54) is 12.1 Å². The summed E-state index contributed by atoms with van der Waals surface area (Å²) in [5.41, 5.74) is 1.57. The first-order chi connectivity index (χ1) is 10.6. The smallest absolute Gasteiger partial charge is 0.226 e. The second-order valence-electron chi connectivity index (χ2n) is 5.30. The average molecular weight is 300 g/mol. The molecule has 5 heteroatoms. The maximum absolute atomic E-state index is 12.9. The van der Waals surface area contributed by atoms with Crippen LogP contribution in [0.1, 0.15) is 6.42 Å². The van der Waals surface area contributed by atoms with Crippen LogP contribution >= 0.6 is 0 Å². The highest BCUT2D eigenvalue weighted by Gasteiger charge is 2.26. The van der Waals surface area contributed by atoms with Crippen LogP contribution in [0.4, 0.5) is 15.8 Å². The van der Waals surface area contributed by atoms with E-state index in [0.29, 0.717) is 18.7 Å². The molecule has 0 saturated carbocycles. The van der Waals surface area contributed by atoms with Gasteiger partial charge in [-0.05, 0) is 36.4 Å². The van der Waals surface area contributed by atoms with Gasteiger partial charge in [0.05, 0.1) is 18.2 Å². The number of hydrogen-bond donors (Lipinski definition) is 1. The molecule has 2 aromatic rings. The molecule has 4 nitrogen and oxygen atoms in total. The van der Waals surface area contributed by atoms with E-state index in [4.69, 9.17) is 4.74 Å². The lowest BCUT2D eigenvalue weighted by Crippen LogP contribution is -2.42. The molecule has 2 aromatic carbocycles. The minimum absolute atomic E-state index is 0.0321. The number of hydrogen-bond acceptors (Lipinski definition) is 3. The van der Waals surface area contributed by atoms with Crippen LogP contribution in [0.15, 0.2) is 48.5 Å². The molecule has 0 aromatic heterocycles. The van der Waals surface area contributed by atoms with Crippen molar-refractivity contribution in [3.63, 3.8) is 0 Å². The van der Waals surface area contributed by atoms with E-state index in [1.54, 1.807) is 12.1 Å². The standard InChI is InChI=1S/C17H17FN2O2/c1-20-14(11-22-16-5-3-2-4-15(16)20)10-17(21)19-13-8-6-12(18)7-9-13/h2-9,14H,10-11H2,1H3,(H,19,21). The van der Waals surface area contributed by atoms with Gasteiger partial charge in [0.25, 0.3) is 0 Å². The van der Waals surface area contributed by atoms with E-state index >= 15 is 0 Å². The normalized spacial score (nSPS) is 16.6. The Balaban J connectivity index is 1.64. The minimum atomic E-state index is -0.324. The quantitative estimate of drug-likeness (QED) is 0.947. The van der Waals surface area contributed by atoms with E-state index in [0.717, 1.165) is 11.4 Å². The Bertz CT molecular complexity index is 673. The number of amides is 1. The maximum atomic E-state index is 12.9. The number of ether oxygens (including phenoxy) is 1. The Hall–Kier alpha value is -2.56. The highest BCUT2D eigenvalue weighted by molar-refractivity contribution is 5.91. The molecular weight excluding hydrogens is 283 g/mol. The molecule has 22 heavy (non-hydrogen) atoms. The molecule has 0 bridgehead atoms. The summed E-state index contributed by atoms with van der Waals surface area (Å²) in [6.07, 6.45) is 0.308. The summed E-state index contributed by atoms with van der Waals surface area (Å²) < 4.78 is 18.6. The monoisotopic (exact) mass is 300 g/mol. The summed E-state index contributed by atoms with van der Waals surface area (Å²) in [6, 6.07) is 13.5. The Morgan fingerprint density at radius 1 is 1.27 bits per heavy atom. The molecule has 0 aliphatic carbocycles. The van der Waals surface area contributed by atoms with Crippen LogP contribution in [0.3, 0.4) is 0 Å². The number of para-hydroxylation sites is 2. The number of halogens is 1. The third-order valence-corrected chi connectivity index (χ3v) is 3.77. The Kier molecular flexibility index (Phi) is 3.96. The zero-order valence-electron chi connectivity index (χ0n) is 12.3. The largest absolute Gasteiger partial charge is 0.489 e. The van der Waals surface area contributed by atoms with Gasteiger partial charge in [0.15, 0.2) is 0 Å². The van der Waals surface area contributed by atoms with Gasteiger partial charge in [-0.2, -0.15) is 0 Å². The summed E-state index contributed by atoms with van der Waals surface area (Å²) >= 11 is 0. The lowest BCUT2D eigenvalue weighted by Gasteiger charge is -2.35. The molecular formula is C17H17FN2O2. The van der Waals surface area contributed by atoms with E-state index in [1.807, 2.05) is 31.3 Å². The summed E-state index contributed by atoms with van der Waals surface area (Å²) in [7, 11) is 1.96. The SMILES string of the molecule is CN1c2ccccc2OCC1CC(=O)Nc1ccc(F)cc1. The number of benzene rings is 2. The summed E-state index contributed by atoms with van der Waals surface area (Å²) in [5, 5.41) is 2.77. The second-order valence-corrected chi connectivity index (χ2v) is 5.30. The minimum Gasteiger partial charge on any atom is -0.489 e. The van der Waals surface area contributed by atoms with Crippen molar-refractivity contribution in [1.82, 2.24) is 0 Å². The van der Waals surface area contributed by atoms with Crippen molar-refractivity contribution in [1.29, 1.82) is 0 Å². The number of nitrogens with one attached hydrogen (secondary N) is 1. The van der Waals surface area contributed by atoms with Gasteiger partial charge in [-0.25, -0.2) is 4.39 Å². The number of carbonyl (C=O) groups is 1. The van der Waals surface area contributed by atoms with Gasteiger partial charge in [-0.15, -0.1) is 0 Å². The second kappa shape index (κ2) is 6.05. The van der Waals surface area contributed by atoms with Crippen molar-refractivity contribution >= 4 is 17.3 Å². The van der Waals surface area contributed by atoms with Gasteiger partial charge in [0, 0.05) is 12.7 Å². The van der Waals surface area contributed by atoms with Crippen molar-refractivity contribution in [2.24, 2.45) is 0 Å². The van der Waals surface area contributed by atoms with Crippen molar-refractivity contribution in [3.8, 4) is 5.75 Å². The lowest BCUT2D eigenvalue weighted by atomic mass is 10.1. The summed E-state index contributed by atoms with van der Waals surface area (Å²) in [6.45, 7) is 0.463. The van der Waals surface area contributed by atoms with Gasteiger partial charge in [-0.1, -0.05) is 12.1 Å². The lowest BCUT2D eigenvalue weighted by molar-refractivity contribution is -0.116. The van der Waals surface area contributed by atoms with Crippen molar-refractivity contribution in [3.05, 3.63) is 54.3 Å². The highest BCUT2D eigenvalue weighted by Crippen LogP contribution is 2.33. The molecule has 1 unspecified atom stereocenters. The molecule has 1 atom stereocenters. The van der Waals surface area contributed by atoms with Crippen molar-refractivity contribution in [2.45, 2.75) is 12.5 Å². The van der Waals surface area contributed by atoms with Crippen LogP contribution in [0.25, 0.3) is 0 Å². The molecule has 114 valence electrons. The predicted molar refractivity (Wildman–Crippen MR) is 83.8 cm³/mol. The third kappa shape index (κ3) is 3.03. The van der Waals surface area contributed by atoms with Gasteiger partial charge < -0.3 is 15.0 Å². The van der Waals surface area contributed by atoms with Crippen molar-refractivity contribution in [2.75, 3.05) is 23.9 Å². The van der Waals surface area contributed by atoms with Crippen LogP contribution in [0.5, 0.6) is 5.75 Å². The van der Waals surface area contributed by atoms with Crippen LogP contribution in [-0.4, -0.2) is 25.6 Å². The van der Waals surface area contributed by atoms with Crippen LogP contribution in [0, 0.1) is 5.82 Å². The van der Waals surface area contributed by atoms with E-state index in [-0.39, 0.29) is 17.8 Å². The first-order valence-electron chi connectivity index (χ1n) is 7.13. The molecule has 1 aliphatic rings. The Morgan fingerprint density at radius 3 is 2.77 bits per heavy atom. The Morgan fingerprint density at radius 2 is 2.00 bits per heavy atom. The van der Waals surface area contributed by atoms with E-state index in [9.17, 15) is 9.18 Å². The fraction of sp³-hybridized carbons (Fsp3) is 0.235. The molecule has 1 amide bonds. The maximum Gasteiger partial charge on any atom is 0.226 e. The fourth-order valence-electron chi connectivity index (χ4n) is 2.52. The van der Waals surface area contributed by atoms with Crippen LogP contribution in [-0.2, 0) is 4.79 Å². The van der Waals surface area contributed by atoms with Crippen LogP contribution < -0.4 is 15.0 Å². The molecule has 1 N–H and O–H groups in total. The molecule has 0 radical (unpaired) electrons. The number of likely N-dealkylation sites (N-methyl/N-ethyl adjacent to an activating group) is 1. The zero-order valence-corrected chi connectivity index (χ0v) is 12.3. The number of fused-ring (bicyclic) bond motifs is 1. The topological polar surface area (TPSA) is 41.6 Å². The molecule has 1 aliphatic heterocycles. The Labute approximate surface area is 128 Å². The van der Waals surface area contributed by atoms with Gasteiger partial charge in [0.1, 0.15) is 18.2 Å². The van der Waals surface area contributed by atoms with Gasteiger partial charge in [0.2, 0.25) is 5.91 Å². The molecule has 1 heterocycles. The predicted octanol–water partition coefficient (Wildman–Crippen LogP) is 3.05. The fourth-order valence-corrected chi connectivity index (χ4v) is 2.52. The van der Waals surface area contributed by atoms with Gasteiger partial charge in [-0.3, -0.25) is 4.79 Å². The summed E-state index contributed by atoms with van der Waals surface area (Å²) in [4.78, 5) is 14.2. The average Bonchev–Trinajstić information content (AvgIpc) is 2.53. The number of carbonyl (C=O) groups excluding carboxylic acids is 1. The zero-order chi connectivity index (χ0) is 15.5. The highest BCUT2D eigenvalue weighted by atomic mass is 19.1. The number of anilines is 2. The van der Waals surface area contributed by atoms with Crippen molar-refractivity contribution < 1.29 is 13.9 Å². The first kappa shape index (κ1) is 14.4. The molecule has 0 fully saturated rings. The first-order valence-corrected chi connectivity index (χ1v) is 7.13. The van der Waals surface area contributed by atoms with Gasteiger partial charge >= 0.3 is 0 Å². The number of nitrogens with zero attached hydrogens (tertiary/aromatic N) is 1. The molecule has 0 spiro atoms. The summed E-state index contributed by atoms with van der Waals surface area (Å²) in [5.74, 6) is 0.390.